The minimum Gasteiger partial charge on any atom is -0.450 e. The first-order chi connectivity index (χ1) is 51.6. The van der Waals surface area contributed by atoms with Crippen molar-refractivity contribution in [2.24, 2.45) is 11.8 Å². The summed E-state index contributed by atoms with van der Waals surface area (Å²) in [6.07, 6.45) is -0.991. The summed E-state index contributed by atoms with van der Waals surface area (Å²) in [6, 6.07) is 11.8. The van der Waals surface area contributed by atoms with Crippen LogP contribution in [-0.4, -0.2) is 232 Å². The number of ether oxygens (including phenoxy) is 2. The van der Waals surface area contributed by atoms with Crippen LogP contribution < -0.4 is 42.5 Å². The number of amides is 12. The monoisotopic (exact) mass is 1600 g/mol. The SMILES string of the molecule is C=CCOC(=O)N[C@@H](CSSC(C)(C)C)C(=O)NCCCC[C@@H]1NC(=O)[C@H](Cc2ccccc2)NC(=O)C(CSSC(C)(C)C)OC(=O)[C@H](Cc2ccccc2)NC(=O)[C@@H](C)NC(=O)[C@H](C)N(C)C(=O)[C@H](Cc2ccccc2)N(C)C(=O)[C@H](C)NC(=O)[C@H](CC(C)C)N(C)C(=O)[C@H](C)N(C)C(=O)[C@H](CC(C)C)NC1=O. The maximum atomic E-state index is 15.3. The van der Waals surface area contributed by atoms with E-state index in [0.717, 1.165) is 9.80 Å². The van der Waals surface area contributed by atoms with Gasteiger partial charge in [-0.15, -0.1) is 0 Å². The molecular weight excluding hydrogens is 1490 g/mol. The Morgan fingerprint density at radius 3 is 1.55 bits per heavy atom. The van der Waals surface area contributed by atoms with Gasteiger partial charge in [0.2, 0.25) is 59.1 Å². The number of nitrogens with zero attached hydrogens (tertiary/aromatic N) is 4. The van der Waals surface area contributed by atoms with Crippen LogP contribution in [0.15, 0.2) is 104 Å². The van der Waals surface area contributed by atoms with Crippen LogP contribution in [0, 0.1) is 11.8 Å². The minimum atomic E-state index is -1.64. The molecule has 0 aromatic heterocycles. The second-order valence-electron chi connectivity index (χ2n) is 30.5. The molecule has 110 heavy (non-hydrogen) atoms. The third-order valence-corrected chi connectivity index (χ3v) is 24.5. The first kappa shape index (κ1) is 94.1. The largest absolute Gasteiger partial charge is 0.450 e. The summed E-state index contributed by atoms with van der Waals surface area (Å²) in [4.78, 5) is 195. The summed E-state index contributed by atoms with van der Waals surface area (Å²) in [6.45, 7) is 28.5. The van der Waals surface area contributed by atoms with E-state index in [1.807, 2.05) is 69.2 Å². The van der Waals surface area contributed by atoms with Crippen molar-refractivity contribution < 1.29 is 71.8 Å². The molecule has 1 saturated heterocycles. The van der Waals surface area contributed by atoms with E-state index < -0.39 is 150 Å². The van der Waals surface area contributed by atoms with E-state index in [1.54, 1.807) is 91.0 Å². The highest BCUT2D eigenvalue weighted by Gasteiger charge is 2.41. The number of benzene rings is 3. The summed E-state index contributed by atoms with van der Waals surface area (Å²) in [5.74, 6) is -9.67. The lowest BCUT2D eigenvalue weighted by molar-refractivity contribution is -0.157. The predicted octanol–water partition coefficient (Wildman–Crippen LogP) is 6.96. The van der Waals surface area contributed by atoms with Crippen molar-refractivity contribution in [2.75, 3.05) is 52.8 Å². The van der Waals surface area contributed by atoms with Gasteiger partial charge in [0.15, 0.2) is 6.10 Å². The molecule has 27 nitrogen and oxygen atoms in total. The number of nitrogens with one attached hydrogen (secondary N) is 8. The molecule has 1 fully saturated rings. The normalized spacial score (nSPS) is 23.3. The van der Waals surface area contributed by atoms with Gasteiger partial charge in [0.1, 0.15) is 73.1 Å². The van der Waals surface area contributed by atoms with Crippen LogP contribution in [0.3, 0.4) is 0 Å². The third-order valence-electron chi connectivity index (χ3n) is 17.8. The topological polar surface area (TPSA) is 350 Å². The number of hydrogen-bond donors (Lipinski definition) is 8. The highest BCUT2D eigenvalue weighted by atomic mass is 33.1. The van der Waals surface area contributed by atoms with Crippen molar-refractivity contribution in [2.45, 2.75) is 230 Å². The fourth-order valence-corrected chi connectivity index (χ4v) is 16.3. The third kappa shape index (κ3) is 32.2. The van der Waals surface area contributed by atoms with Gasteiger partial charge in [-0.3, -0.25) is 52.7 Å². The molecular formula is C79H118N12O15S4. The smallest absolute Gasteiger partial charge is 0.408 e. The Hall–Kier alpha value is -8.29. The van der Waals surface area contributed by atoms with Gasteiger partial charge in [-0.05, 0) is 88.3 Å². The molecule has 1 unspecified atom stereocenters. The lowest BCUT2D eigenvalue weighted by Crippen LogP contribution is -2.60. The van der Waals surface area contributed by atoms with Gasteiger partial charge in [0.25, 0.3) is 5.91 Å². The number of cyclic esters (lactones) is 1. The number of rotatable bonds is 25. The maximum Gasteiger partial charge on any atom is 0.408 e. The second-order valence-corrected chi connectivity index (χ2v) is 36.8. The molecule has 1 heterocycles. The van der Waals surface area contributed by atoms with Crippen molar-refractivity contribution in [3.8, 4) is 0 Å². The molecule has 608 valence electrons. The van der Waals surface area contributed by atoms with Gasteiger partial charge >= 0.3 is 12.1 Å². The number of hydrogen-bond acceptors (Lipinski definition) is 19. The fraction of sp³-hybridized carbons (Fsp3) is 0.582. The number of unbranched alkanes of at least 4 members (excludes halogenated alkanes) is 1. The number of alkyl carbamates (subject to hydrolysis) is 1. The molecule has 0 spiro atoms. The first-order valence-electron chi connectivity index (χ1n) is 37.3. The summed E-state index contributed by atoms with van der Waals surface area (Å²) in [5.41, 5.74) is 1.81. The first-order valence-corrected chi connectivity index (χ1v) is 41.9. The van der Waals surface area contributed by atoms with E-state index in [4.69, 9.17) is 9.47 Å². The van der Waals surface area contributed by atoms with Gasteiger partial charge in [0, 0.05) is 69.2 Å². The predicted molar refractivity (Wildman–Crippen MR) is 435 cm³/mol. The number of carbonyl (C=O) groups excluding carboxylic acids is 13. The Labute approximate surface area is 665 Å². The van der Waals surface area contributed by atoms with E-state index in [1.165, 1.54) is 115 Å². The Morgan fingerprint density at radius 1 is 0.518 bits per heavy atom. The van der Waals surface area contributed by atoms with Gasteiger partial charge in [-0.25, -0.2) is 9.59 Å². The average molecular weight is 1600 g/mol. The zero-order valence-electron chi connectivity index (χ0n) is 67.1. The van der Waals surface area contributed by atoms with Crippen molar-refractivity contribution in [1.29, 1.82) is 0 Å². The number of carbonyl (C=O) groups is 13. The van der Waals surface area contributed by atoms with Gasteiger partial charge in [0.05, 0.1) is 5.75 Å². The lowest BCUT2D eigenvalue weighted by Gasteiger charge is -2.36. The zero-order chi connectivity index (χ0) is 82.3. The molecule has 8 N–H and O–H groups in total. The van der Waals surface area contributed by atoms with Crippen molar-refractivity contribution >= 4 is 120 Å². The van der Waals surface area contributed by atoms with E-state index in [2.05, 4.69) is 49.1 Å². The summed E-state index contributed by atoms with van der Waals surface area (Å²) < 4.78 is 10.7. The highest BCUT2D eigenvalue weighted by molar-refractivity contribution is 8.77. The quantitative estimate of drug-likeness (QED) is 0.0184. The highest BCUT2D eigenvalue weighted by Crippen LogP contribution is 2.37. The van der Waals surface area contributed by atoms with E-state index in [9.17, 15) is 43.2 Å². The molecule has 0 bridgehead atoms. The molecule has 3 aromatic rings. The Morgan fingerprint density at radius 2 is 1.00 bits per heavy atom. The van der Waals surface area contributed by atoms with Crippen LogP contribution in [0.2, 0.25) is 0 Å². The molecule has 1 aliphatic heterocycles. The molecule has 31 heteroatoms. The average Bonchev–Trinajstić information content (AvgIpc) is 0.830. The van der Waals surface area contributed by atoms with E-state index in [0.29, 0.717) is 16.7 Å². The lowest BCUT2D eigenvalue weighted by atomic mass is 9.99. The van der Waals surface area contributed by atoms with E-state index in [-0.39, 0.29) is 97.4 Å². The van der Waals surface area contributed by atoms with Gasteiger partial charge in [-0.1, -0.05) is 216 Å². The Bertz CT molecular complexity index is 3570. The van der Waals surface area contributed by atoms with Crippen molar-refractivity contribution in [3.63, 3.8) is 0 Å². The minimum absolute atomic E-state index is 0.0299. The van der Waals surface area contributed by atoms with Crippen LogP contribution in [0.4, 0.5) is 4.79 Å². The molecule has 0 saturated carbocycles. The molecule has 3 aromatic carbocycles. The Kier molecular flexibility index (Phi) is 39.3. The number of likely N-dealkylation sites (N-methyl/N-ethyl adjacent to an activating group) is 4. The van der Waals surface area contributed by atoms with Crippen LogP contribution in [0.25, 0.3) is 0 Å². The summed E-state index contributed by atoms with van der Waals surface area (Å²) in [5, 5.41) is 22.2. The standard InChI is InChI=1S/C79H118N12O15S4/c1-20-40-105-77(104)87-61(46-107-109-78(10,11)12)67(94)80-39-31-30-38-57-68(95)85-59(41-48(2)3)74(101)89(17)53(9)73(100)90(18)62(42-49(4)5)70(97)82-51(7)72(99)91(19)63(45-56-36-28-23-29-37-56)75(102)88(16)52(8)66(93)81-50(6)65(92)86-60(44-55-34-26-22-27-35-55)76(103)106-64(47-108-110-79(13,14)15)71(98)84-58(69(96)83-57)43-54-32-24-21-25-33-54/h20-29,32-37,48-53,57-64H,1,30-31,38-47H2,2-19H3,(H,80,94)(H,81,93)(H,82,97)(H,83,96)(H,84,98)(H,85,95)(H,86,92)(H,87,104)/t50-,51+,52+,53+,57+,58+,59+,60+,61+,62+,63+,64?/m1/s1. The Balaban J connectivity index is 1.91. The van der Waals surface area contributed by atoms with E-state index >= 15 is 19.2 Å². The molecule has 0 aliphatic carbocycles. The van der Waals surface area contributed by atoms with Gasteiger partial charge in [-0.2, -0.15) is 0 Å². The molecule has 0 radical (unpaired) electrons. The molecule has 4 rings (SSSR count). The van der Waals surface area contributed by atoms with Crippen molar-refractivity contribution in [1.82, 2.24) is 62.1 Å². The maximum absolute atomic E-state index is 15.3. The van der Waals surface area contributed by atoms with Crippen LogP contribution in [0.5, 0.6) is 0 Å². The van der Waals surface area contributed by atoms with Gasteiger partial charge < -0.3 is 71.6 Å². The molecule has 1 aliphatic rings. The molecule has 12 atom stereocenters. The zero-order valence-corrected chi connectivity index (χ0v) is 70.3. The molecule has 12 amide bonds. The summed E-state index contributed by atoms with van der Waals surface area (Å²) >= 11 is 0. The van der Waals surface area contributed by atoms with Crippen LogP contribution >= 0.6 is 43.2 Å². The van der Waals surface area contributed by atoms with Crippen LogP contribution in [-0.2, 0) is 86.3 Å². The number of esters is 1. The fourth-order valence-electron chi connectivity index (χ4n) is 11.4. The second kappa shape index (κ2) is 45.9. The van der Waals surface area contributed by atoms with Crippen LogP contribution in [0.1, 0.15) is 146 Å². The summed E-state index contributed by atoms with van der Waals surface area (Å²) in [7, 11) is 11.1. The van der Waals surface area contributed by atoms with Crippen molar-refractivity contribution in [3.05, 3.63) is 120 Å².